The van der Waals surface area contributed by atoms with Crippen LogP contribution in [0.25, 0.3) is 61.1 Å². The van der Waals surface area contributed by atoms with Crippen molar-refractivity contribution in [1.82, 2.24) is 14.5 Å². The SMILES string of the molecule is Cc1cnc(-n2c3ccc(-c4ccc(-c5ccccc5)cc4)cc3c3ccc(Oc4cccc(-c5cc(C6CCC(C)(C7CCC(C)(C)CC7)CC6C)c(C)cn5)c4)cc32)cc1C. The molecule has 3 heterocycles. The molecule has 3 atom stereocenters. The molecular formula is C59H61N3O. The van der Waals surface area contributed by atoms with E-state index in [-0.39, 0.29) is 0 Å². The number of pyridine rings is 2. The summed E-state index contributed by atoms with van der Waals surface area (Å²) in [5.74, 6) is 4.53. The molecule has 2 fully saturated rings. The fraction of sp³-hybridized carbons (Fsp3) is 0.322. The minimum atomic E-state index is 0.452. The van der Waals surface area contributed by atoms with E-state index in [0.29, 0.717) is 22.7 Å². The van der Waals surface area contributed by atoms with Crippen molar-refractivity contribution < 1.29 is 4.74 Å². The number of nitrogens with zero attached hydrogens (tertiary/aromatic N) is 3. The van der Waals surface area contributed by atoms with Crippen molar-refractivity contribution in [3.63, 3.8) is 0 Å². The first kappa shape index (κ1) is 41.0. The Morgan fingerprint density at radius 3 is 1.98 bits per heavy atom. The fourth-order valence-electron chi connectivity index (χ4n) is 11.3. The molecule has 0 saturated heterocycles. The van der Waals surface area contributed by atoms with Crippen molar-refractivity contribution in [1.29, 1.82) is 0 Å². The van der Waals surface area contributed by atoms with Crippen LogP contribution >= 0.6 is 0 Å². The van der Waals surface area contributed by atoms with Crippen LogP contribution in [0.3, 0.4) is 0 Å². The van der Waals surface area contributed by atoms with E-state index in [4.69, 9.17) is 14.7 Å². The van der Waals surface area contributed by atoms with Crippen LogP contribution in [-0.2, 0) is 0 Å². The molecule has 0 amide bonds. The lowest BCUT2D eigenvalue weighted by Crippen LogP contribution is -2.38. The molecule has 0 bridgehead atoms. The number of fused-ring (bicyclic) bond motifs is 3. The molecule has 318 valence electrons. The lowest BCUT2D eigenvalue weighted by molar-refractivity contribution is 0.0289. The zero-order valence-electron chi connectivity index (χ0n) is 38.2. The second kappa shape index (κ2) is 16.3. The van der Waals surface area contributed by atoms with Gasteiger partial charge in [0.15, 0.2) is 0 Å². The topological polar surface area (TPSA) is 39.9 Å². The molecule has 5 aromatic carbocycles. The number of aromatic nitrogens is 3. The maximum Gasteiger partial charge on any atom is 0.137 e. The molecule has 3 unspecified atom stereocenters. The average molecular weight is 828 g/mol. The summed E-state index contributed by atoms with van der Waals surface area (Å²) < 4.78 is 9.02. The monoisotopic (exact) mass is 827 g/mol. The second-order valence-corrected chi connectivity index (χ2v) is 20.3. The molecule has 4 heteroatoms. The third-order valence-electron chi connectivity index (χ3n) is 15.4. The minimum Gasteiger partial charge on any atom is -0.457 e. The lowest BCUT2D eigenvalue weighted by Gasteiger charge is -2.49. The van der Waals surface area contributed by atoms with Crippen molar-refractivity contribution in [2.75, 3.05) is 0 Å². The van der Waals surface area contributed by atoms with Crippen LogP contribution in [0, 0.1) is 43.4 Å². The fourth-order valence-corrected chi connectivity index (χ4v) is 11.3. The second-order valence-electron chi connectivity index (χ2n) is 20.3. The highest BCUT2D eigenvalue weighted by atomic mass is 16.5. The van der Waals surface area contributed by atoms with Crippen LogP contribution < -0.4 is 4.74 Å². The van der Waals surface area contributed by atoms with Gasteiger partial charge in [-0.25, -0.2) is 4.98 Å². The molecule has 8 aromatic rings. The summed E-state index contributed by atoms with van der Waals surface area (Å²) in [6.07, 6.45) is 13.5. The first-order valence-electron chi connectivity index (χ1n) is 23.3. The normalized spacial score (nSPS) is 20.3. The van der Waals surface area contributed by atoms with Crippen LogP contribution in [0.4, 0.5) is 0 Å². The first-order chi connectivity index (χ1) is 30.4. The molecule has 2 saturated carbocycles. The Morgan fingerprint density at radius 2 is 1.24 bits per heavy atom. The van der Waals surface area contributed by atoms with Gasteiger partial charge in [-0.15, -0.1) is 0 Å². The molecule has 0 spiro atoms. The van der Waals surface area contributed by atoms with Gasteiger partial charge in [0.25, 0.3) is 0 Å². The molecule has 4 nitrogen and oxygen atoms in total. The van der Waals surface area contributed by atoms with Gasteiger partial charge in [-0.05, 0) is 187 Å². The molecular weight excluding hydrogens is 767 g/mol. The van der Waals surface area contributed by atoms with E-state index in [1.807, 2.05) is 6.20 Å². The molecule has 0 aliphatic heterocycles. The van der Waals surface area contributed by atoms with Crippen molar-refractivity contribution in [2.24, 2.45) is 22.7 Å². The summed E-state index contributed by atoms with van der Waals surface area (Å²) in [4.78, 5) is 9.96. The van der Waals surface area contributed by atoms with E-state index in [9.17, 15) is 0 Å². The Bertz CT molecular complexity index is 2950. The van der Waals surface area contributed by atoms with Gasteiger partial charge in [-0.1, -0.05) is 100 Å². The molecule has 2 aliphatic carbocycles. The predicted octanol–water partition coefficient (Wildman–Crippen LogP) is 16.4. The van der Waals surface area contributed by atoms with E-state index >= 15 is 0 Å². The Labute approximate surface area is 374 Å². The summed E-state index contributed by atoms with van der Waals surface area (Å²) in [5, 5.41) is 2.34. The van der Waals surface area contributed by atoms with E-state index in [0.717, 1.165) is 50.9 Å². The van der Waals surface area contributed by atoms with Crippen LogP contribution in [0.5, 0.6) is 11.5 Å². The summed E-state index contributed by atoms with van der Waals surface area (Å²) in [7, 11) is 0. The Hall–Kier alpha value is -6.00. The summed E-state index contributed by atoms with van der Waals surface area (Å²) in [6, 6.07) is 45.7. The van der Waals surface area contributed by atoms with E-state index in [2.05, 4.69) is 187 Å². The van der Waals surface area contributed by atoms with E-state index in [1.165, 1.54) is 94.8 Å². The highest BCUT2D eigenvalue weighted by molar-refractivity contribution is 6.10. The van der Waals surface area contributed by atoms with Gasteiger partial charge in [0.05, 0.1) is 16.7 Å². The van der Waals surface area contributed by atoms with Crippen LogP contribution in [0.15, 0.2) is 140 Å². The maximum absolute atomic E-state index is 6.74. The highest BCUT2D eigenvalue weighted by Gasteiger charge is 2.43. The number of hydrogen-bond acceptors (Lipinski definition) is 3. The highest BCUT2D eigenvalue weighted by Crippen LogP contribution is 2.55. The first-order valence-corrected chi connectivity index (χ1v) is 23.3. The van der Waals surface area contributed by atoms with Gasteiger partial charge >= 0.3 is 0 Å². The van der Waals surface area contributed by atoms with E-state index < -0.39 is 0 Å². The molecule has 2 aliphatic rings. The van der Waals surface area contributed by atoms with Crippen molar-refractivity contribution >= 4 is 21.8 Å². The van der Waals surface area contributed by atoms with Gasteiger partial charge in [-0.2, -0.15) is 0 Å². The van der Waals surface area contributed by atoms with Gasteiger partial charge in [0, 0.05) is 34.8 Å². The quantitative estimate of drug-likeness (QED) is 0.153. The lowest BCUT2D eigenvalue weighted by atomic mass is 9.56. The van der Waals surface area contributed by atoms with E-state index in [1.54, 1.807) is 0 Å². The maximum atomic E-state index is 6.74. The number of aryl methyl sites for hydroxylation is 3. The van der Waals surface area contributed by atoms with Crippen LogP contribution in [-0.4, -0.2) is 14.5 Å². The van der Waals surface area contributed by atoms with Gasteiger partial charge in [-0.3, -0.25) is 9.55 Å². The summed E-state index contributed by atoms with van der Waals surface area (Å²) in [5.41, 5.74) is 15.2. The van der Waals surface area contributed by atoms with Gasteiger partial charge in [0.1, 0.15) is 17.3 Å². The Kier molecular flexibility index (Phi) is 10.6. The molecule has 10 rings (SSSR count). The third kappa shape index (κ3) is 7.99. The standard InChI is InChI=1S/C59H61N3O/c1-38-30-57(61-36-40(38)3)62-55-23-20-45(44-18-16-43(17-19-44)42-12-9-8-10-13-42)32-53(55)51-22-21-49(33-56(51)62)63-48-15-11-14-46(31-48)54-34-52(41(4)37-60-54)50-26-29-59(7,35-39(50)2)47-24-27-58(5,6)28-25-47/h8-23,30-34,36-37,39,47,50H,24-29,35H2,1-7H3. The number of ether oxygens (including phenoxy) is 1. The zero-order chi connectivity index (χ0) is 43.5. The summed E-state index contributed by atoms with van der Waals surface area (Å²) >= 11 is 0. The Balaban J connectivity index is 0.942. The minimum absolute atomic E-state index is 0.452. The third-order valence-corrected chi connectivity index (χ3v) is 15.4. The summed E-state index contributed by atoms with van der Waals surface area (Å²) in [6.45, 7) is 16.6. The number of benzene rings is 5. The van der Waals surface area contributed by atoms with Gasteiger partial charge < -0.3 is 4.74 Å². The Morgan fingerprint density at radius 1 is 0.556 bits per heavy atom. The van der Waals surface area contributed by atoms with Crippen molar-refractivity contribution in [2.45, 2.75) is 99.3 Å². The number of rotatable bonds is 8. The average Bonchev–Trinajstić information content (AvgIpc) is 3.61. The zero-order valence-corrected chi connectivity index (χ0v) is 38.2. The predicted molar refractivity (Wildman–Crippen MR) is 263 cm³/mol. The molecule has 0 radical (unpaired) electrons. The van der Waals surface area contributed by atoms with Gasteiger partial charge in [0.2, 0.25) is 0 Å². The molecule has 3 aromatic heterocycles. The number of hydrogen-bond donors (Lipinski definition) is 0. The van der Waals surface area contributed by atoms with Crippen LogP contribution in [0.2, 0.25) is 0 Å². The van der Waals surface area contributed by atoms with Crippen LogP contribution in [0.1, 0.15) is 101 Å². The largest absolute Gasteiger partial charge is 0.457 e. The molecule has 0 N–H and O–H groups in total. The van der Waals surface area contributed by atoms with Crippen molar-refractivity contribution in [3.05, 3.63) is 162 Å². The smallest absolute Gasteiger partial charge is 0.137 e. The van der Waals surface area contributed by atoms with Crippen molar-refractivity contribution in [3.8, 4) is 50.8 Å². The molecule has 63 heavy (non-hydrogen) atoms.